The van der Waals surface area contributed by atoms with Crippen molar-refractivity contribution in [1.29, 1.82) is 0 Å². The van der Waals surface area contributed by atoms with Gasteiger partial charge in [0.15, 0.2) is 29.6 Å². The van der Waals surface area contributed by atoms with Crippen LogP contribution in [0, 0.1) is 17.8 Å². The van der Waals surface area contributed by atoms with Crippen molar-refractivity contribution in [1.82, 2.24) is 14.5 Å². The molecule has 0 N–H and O–H groups in total. The van der Waals surface area contributed by atoms with E-state index in [9.17, 15) is 24.0 Å². The van der Waals surface area contributed by atoms with Crippen LogP contribution in [0.3, 0.4) is 0 Å². The fraction of sp³-hybridized carbons (Fsp3) is 0.619. The van der Waals surface area contributed by atoms with Gasteiger partial charge in [-0.3, -0.25) is 14.4 Å². The van der Waals surface area contributed by atoms with Gasteiger partial charge < -0.3 is 33.3 Å². The fourth-order valence-corrected chi connectivity index (χ4v) is 7.80. The molecule has 3 heterocycles. The van der Waals surface area contributed by atoms with Crippen LogP contribution in [-0.4, -0.2) is 113 Å². The summed E-state index contributed by atoms with van der Waals surface area (Å²) in [5.74, 6) is -5.18. The first kappa shape index (κ1) is 44.5. The Bertz CT molecular complexity index is 1710. The van der Waals surface area contributed by atoms with Gasteiger partial charge in [-0.2, -0.15) is 0 Å². The van der Waals surface area contributed by atoms with E-state index in [-0.39, 0.29) is 37.2 Å². The number of aromatic nitrogens is 2. The average molecular weight is 782 g/mol. The number of benzene rings is 1. The van der Waals surface area contributed by atoms with Crippen LogP contribution in [0.25, 0.3) is 0 Å². The maximum absolute atomic E-state index is 14.5. The Kier molecular flexibility index (Phi) is 14.9. The molecule has 1 aromatic heterocycles. The van der Waals surface area contributed by atoms with Gasteiger partial charge in [-0.1, -0.05) is 45.9 Å². The summed E-state index contributed by atoms with van der Waals surface area (Å²) in [4.78, 5) is 75.4. The van der Waals surface area contributed by atoms with E-state index in [1.807, 2.05) is 32.8 Å². The summed E-state index contributed by atoms with van der Waals surface area (Å²) in [5.41, 5.74) is -2.23. The number of carbonyl (C=O) groups excluding carboxylic acids is 5. The maximum atomic E-state index is 14.5. The second-order valence-electron chi connectivity index (χ2n) is 15.7. The SMILES string of the molecule is CCC1=C[C@](C)(OC(=O)n2ccnc2)[C@@H](CC)OC(=O)[C@H](C)C(=O)[C@H](C)[C@@H](OC2O[C@H](C)C[C@H](N(C)C)[C@H]2OC(=O)c2ccccc2)[C@@](C)(OC)C[C@@H](C)C1=O. The number of esters is 2. The van der Waals surface area contributed by atoms with E-state index in [1.165, 1.54) is 32.8 Å². The Balaban J connectivity index is 1.80. The van der Waals surface area contributed by atoms with Gasteiger partial charge in [0.05, 0.1) is 29.4 Å². The first-order chi connectivity index (χ1) is 26.4. The first-order valence-corrected chi connectivity index (χ1v) is 19.4. The van der Waals surface area contributed by atoms with Gasteiger partial charge in [0, 0.05) is 31.3 Å². The largest absolute Gasteiger partial charge is 0.457 e. The van der Waals surface area contributed by atoms with Crippen molar-refractivity contribution in [2.75, 3.05) is 21.2 Å². The van der Waals surface area contributed by atoms with Crippen LogP contribution >= 0.6 is 0 Å². The number of nitrogens with zero attached hydrogens (tertiary/aromatic N) is 3. The third-order valence-electron chi connectivity index (χ3n) is 11.1. The number of imidazole rings is 1. The van der Waals surface area contributed by atoms with Crippen molar-refractivity contribution < 1.29 is 52.4 Å². The van der Waals surface area contributed by atoms with E-state index in [0.29, 0.717) is 17.6 Å². The van der Waals surface area contributed by atoms with Gasteiger partial charge >= 0.3 is 18.0 Å². The highest BCUT2D eigenvalue weighted by Crippen LogP contribution is 2.38. The Morgan fingerprint density at radius 1 is 1.04 bits per heavy atom. The van der Waals surface area contributed by atoms with Crippen LogP contribution in [0.4, 0.5) is 4.79 Å². The molecule has 308 valence electrons. The molecule has 0 amide bonds. The molecule has 14 nitrogen and oxygen atoms in total. The summed E-state index contributed by atoms with van der Waals surface area (Å²) in [6.07, 6.45) is 1.33. The number of ketones is 2. The van der Waals surface area contributed by atoms with E-state index in [2.05, 4.69) is 4.98 Å². The lowest BCUT2D eigenvalue weighted by atomic mass is 9.76. The minimum Gasteiger partial charge on any atom is -0.457 e. The molecular weight excluding hydrogens is 722 g/mol. The molecule has 0 radical (unpaired) electrons. The summed E-state index contributed by atoms with van der Waals surface area (Å²) in [7, 11) is 5.23. The number of cyclic esters (lactones) is 1. The zero-order valence-corrected chi connectivity index (χ0v) is 34.6. The predicted molar refractivity (Wildman–Crippen MR) is 206 cm³/mol. The molecule has 1 unspecified atom stereocenters. The number of hydrogen-bond donors (Lipinski definition) is 0. The molecule has 11 atom stereocenters. The summed E-state index contributed by atoms with van der Waals surface area (Å²) in [6.45, 7) is 13.6. The van der Waals surface area contributed by atoms with Gasteiger partial charge in [0.2, 0.25) is 0 Å². The van der Waals surface area contributed by atoms with Crippen molar-refractivity contribution in [3.8, 4) is 0 Å². The monoisotopic (exact) mass is 781 g/mol. The number of Topliss-reactive ketones (excluding diaryl/α,β-unsaturated/α-hetero) is 2. The number of ether oxygens (including phenoxy) is 6. The molecule has 2 aliphatic rings. The molecule has 56 heavy (non-hydrogen) atoms. The summed E-state index contributed by atoms with van der Waals surface area (Å²) in [6, 6.07) is 8.26. The number of allylic oxidation sites excluding steroid dienone is 1. The fourth-order valence-electron chi connectivity index (χ4n) is 7.80. The maximum Gasteiger partial charge on any atom is 0.420 e. The van der Waals surface area contributed by atoms with Crippen molar-refractivity contribution in [2.45, 2.75) is 129 Å². The Morgan fingerprint density at radius 2 is 1.71 bits per heavy atom. The summed E-state index contributed by atoms with van der Waals surface area (Å²) >= 11 is 0. The van der Waals surface area contributed by atoms with Crippen LogP contribution < -0.4 is 0 Å². The quantitative estimate of drug-likeness (QED) is 0.170. The molecule has 0 aliphatic carbocycles. The Labute approximate surface area is 330 Å². The molecular formula is C42H59N3O11. The van der Waals surface area contributed by atoms with E-state index in [4.69, 9.17) is 28.4 Å². The minimum atomic E-state index is -1.61. The van der Waals surface area contributed by atoms with Gasteiger partial charge in [-0.15, -0.1) is 0 Å². The van der Waals surface area contributed by atoms with Gasteiger partial charge in [0.25, 0.3) is 0 Å². The highest BCUT2D eigenvalue weighted by atomic mass is 16.7. The van der Waals surface area contributed by atoms with E-state index < -0.39 is 77.4 Å². The number of carbonyl (C=O) groups is 5. The molecule has 0 bridgehead atoms. The van der Waals surface area contributed by atoms with E-state index in [0.717, 1.165) is 4.57 Å². The lowest BCUT2D eigenvalue weighted by Crippen LogP contribution is -2.60. The smallest absolute Gasteiger partial charge is 0.420 e. The van der Waals surface area contributed by atoms with Crippen LogP contribution in [0.5, 0.6) is 0 Å². The lowest BCUT2D eigenvalue weighted by Gasteiger charge is -2.47. The molecule has 2 aliphatic heterocycles. The highest BCUT2D eigenvalue weighted by Gasteiger charge is 2.51. The Morgan fingerprint density at radius 3 is 2.29 bits per heavy atom. The molecule has 2 aromatic rings. The van der Waals surface area contributed by atoms with Crippen LogP contribution in [0.15, 0.2) is 60.7 Å². The second kappa shape index (κ2) is 18.8. The van der Waals surface area contributed by atoms with Crippen molar-refractivity contribution in [3.05, 3.63) is 66.3 Å². The van der Waals surface area contributed by atoms with Gasteiger partial charge in [-0.25, -0.2) is 19.1 Å². The topological polar surface area (TPSA) is 162 Å². The van der Waals surface area contributed by atoms with Crippen molar-refractivity contribution in [3.63, 3.8) is 0 Å². The highest BCUT2D eigenvalue weighted by molar-refractivity contribution is 6.00. The second-order valence-corrected chi connectivity index (χ2v) is 15.7. The number of likely N-dealkylation sites (N-methyl/N-ethyl adjacent to an activating group) is 1. The molecule has 1 fully saturated rings. The number of rotatable bonds is 9. The lowest BCUT2D eigenvalue weighted by molar-refractivity contribution is -0.294. The molecule has 1 saturated heterocycles. The van der Waals surface area contributed by atoms with E-state index in [1.54, 1.807) is 71.0 Å². The number of methoxy groups -OCH3 is 1. The standard InChI is InChI=1S/C42H59N3O11/c1-12-29-23-41(7,56-40(50)45-20-19-43-24-45)32(13-2)53-37(48)28(6)34(47)27(5)36(42(8,51-11)22-25(3)33(29)46)55-39-35(31(44(9)10)21-26(4)52-39)54-38(49)30-17-15-14-16-18-30/h14-20,23-28,31-32,35-36,39H,12-13,21-22H2,1-11H3/t25-,26-,27+,28-,31+,32-,35-,36-,39?,41+,42+/m1/s1. The zero-order valence-electron chi connectivity index (χ0n) is 34.6. The van der Waals surface area contributed by atoms with Gasteiger partial charge in [0.1, 0.15) is 18.3 Å². The number of hydrogen-bond acceptors (Lipinski definition) is 13. The van der Waals surface area contributed by atoms with Crippen LogP contribution in [0.2, 0.25) is 0 Å². The van der Waals surface area contributed by atoms with Crippen LogP contribution in [-0.2, 0) is 42.8 Å². The molecule has 0 spiro atoms. The molecule has 4 rings (SSSR count). The third kappa shape index (κ3) is 10.0. The van der Waals surface area contributed by atoms with E-state index >= 15 is 0 Å². The molecule has 0 saturated carbocycles. The summed E-state index contributed by atoms with van der Waals surface area (Å²) in [5, 5.41) is 0. The van der Waals surface area contributed by atoms with Crippen molar-refractivity contribution in [2.24, 2.45) is 17.8 Å². The normalized spacial score (nSPS) is 33.6. The molecule has 14 heteroatoms. The minimum absolute atomic E-state index is 0.0807. The Hall–Kier alpha value is -4.24. The average Bonchev–Trinajstić information content (AvgIpc) is 3.73. The van der Waals surface area contributed by atoms with Gasteiger partial charge in [-0.05, 0) is 91.3 Å². The zero-order chi connectivity index (χ0) is 41.5. The van der Waals surface area contributed by atoms with Crippen molar-refractivity contribution >= 4 is 29.6 Å². The predicted octanol–water partition coefficient (Wildman–Crippen LogP) is 5.82. The third-order valence-corrected chi connectivity index (χ3v) is 11.1. The molecule has 1 aromatic carbocycles. The summed E-state index contributed by atoms with van der Waals surface area (Å²) < 4.78 is 38.7. The first-order valence-electron chi connectivity index (χ1n) is 19.4. The van der Waals surface area contributed by atoms with Crippen LogP contribution in [0.1, 0.15) is 91.4 Å².